The second-order valence-corrected chi connectivity index (χ2v) is 4.98. The van der Waals surface area contributed by atoms with Crippen LogP contribution in [0.4, 0.5) is 5.69 Å². The number of amides is 1. The van der Waals surface area contributed by atoms with Crippen molar-refractivity contribution in [1.29, 1.82) is 0 Å². The summed E-state index contributed by atoms with van der Waals surface area (Å²) >= 11 is 5.64. The van der Waals surface area contributed by atoms with Gasteiger partial charge in [-0.05, 0) is 26.3 Å². The van der Waals surface area contributed by atoms with Gasteiger partial charge in [-0.15, -0.1) is 0 Å². The highest BCUT2D eigenvalue weighted by Gasteiger charge is 2.26. The summed E-state index contributed by atoms with van der Waals surface area (Å²) in [5, 5.41) is 22.3. The normalized spacial score (nSPS) is 11.2. The molecule has 0 unspecified atom stereocenters. The Bertz CT molecular complexity index is 505. The molecule has 1 heterocycles. The van der Waals surface area contributed by atoms with Gasteiger partial charge in [0.25, 0.3) is 11.6 Å². The number of aromatic nitrogens is 1. The Kier molecular flexibility index (Phi) is 4.79. The second-order valence-electron chi connectivity index (χ2n) is 4.59. The van der Waals surface area contributed by atoms with Gasteiger partial charge in [0.05, 0.1) is 4.92 Å². The van der Waals surface area contributed by atoms with Crippen molar-refractivity contribution in [1.82, 2.24) is 10.3 Å². The largest absolute Gasteiger partial charge is 0.396 e. The highest BCUT2D eigenvalue weighted by atomic mass is 35.5. The molecule has 0 saturated carbocycles. The molecule has 104 valence electrons. The maximum atomic E-state index is 12.0. The van der Waals surface area contributed by atoms with Crippen LogP contribution in [-0.2, 0) is 0 Å². The number of nitrogens with zero attached hydrogens (tertiary/aromatic N) is 2. The third-order valence-electron chi connectivity index (χ3n) is 2.48. The minimum Gasteiger partial charge on any atom is -0.396 e. The van der Waals surface area contributed by atoms with E-state index in [-0.39, 0.29) is 17.3 Å². The van der Waals surface area contributed by atoms with Gasteiger partial charge < -0.3 is 10.4 Å². The number of rotatable bonds is 5. The van der Waals surface area contributed by atoms with E-state index in [1.54, 1.807) is 13.8 Å². The lowest BCUT2D eigenvalue weighted by atomic mass is 10.0. The zero-order valence-electron chi connectivity index (χ0n) is 10.5. The van der Waals surface area contributed by atoms with Crippen LogP contribution in [0.25, 0.3) is 0 Å². The van der Waals surface area contributed by atoms with Crippen LogP contribution < -0.4 is 5.32 Å². The number of aliphatic hydroxyl groups excluding tert-OH is 1. The monoisotopic (exact) mass is 287 g/mol. The first-order chi connectivity index (χ1) is 8.76. The minimum atomic E-state index is -0.697. The Morgan fingerprint density at radius 3 is 2.79 bits per heavy atom. The first-order valence-corrected chi connectivity index (χ1v) is 5.88. The molecular formula is C11H14ClN3O4. The fourth-order valence-electron chi connectivity index (χ4n) is 1.47. The van der Waals surface area contributed by atoms with Crippen LogP contribution in [0.1, 0.15) is 30.6 Å². The summed E-state index contributed by atoms with van der Waals surface area (Å²) in [5.74, 6) is -0.630. The van der Waals surface area contributed by atoms with Gasteiger partial charge in [-0.3, -0.25) is 14.9 Å². The standard InChI is InChI=1S/C11H14ClN3O4/c1-11(2,3-4-16)14-10(17)7-5-9(12)13-6-8(7)15(18)19/h5-6,16H,3-4H2,1-2H3,(H,14,17). The highest BCUT2D eigenvalue weighted by Crippen LogP contribution is 2.21. The second kappa shape index (κ2) is 5.94. The first-order valence-electron chi connectivity index (χ1n) is 5.50. The topological polar surface area (TPSA) is 105 Å². The lowest BCUT2D eigenvalue weighted by Gasteiger charge is -2.25. The molecule has 2 N–H and O–H groups in total. The predicted octanol–water partition coefficient (Wildman–Crippen LogP) is 1.53. The van der Waals surface area contributed by atoms with Gasteiger partial charge in [0.2, 0.25) is 0 Å². The van der Waals surface area contributed by atoms with E-state index in [0.717, 1.165) is 12.3 Å². The number of pyridine rings is 1. The van der Waals surface area contributed by atoms with Crippen LogP contribution in [0.3, 0.4) is 0 Å². The number of nitrogens with one attached hydrogen (secondary N) is 1. The third kappa shape index (κ3) is 4.15. The van der Waals surface area contributed by atoms with Crippen molar-refractivity contribution < 1.29 is 14.8 Å². The lowest BCUT2D eigenvalue weighted by molar-refractivity contribution is -0.385. The molecule has 7 nitrogen and oxygen atoms in total. The van der Waals surface area contributed by atoms with Gasteiger partial charge in [0, 0.05) is 12.1 Å². The molecule has 1 amide bonds. The molecule has 0 spiro atoms. The van der Waals surface area contributed by atoms with Crippen molar-refractivity contribution in [2.45, 2.75) is 25.8 Å². The van der Waals surface area contributed by atoms with Gasteiger partial charge in [-0.1, -0.05) is 11.6 Å². The summed E-state index contributed by atoms with van der Waals surface area (Å²) < 4.78 is 0. The highest BCUT2D eigenvalue weighted by molar-refractivity contribution is 6.29. The van der Waals surface area contributed by atoms with Crippen molar-refractivity contribution in [3.8, 4) is 0 Å². The summed E-state index contributed by atoms with van der Waals surface area (Å²) in [4.78, 5) is 25.7. The van der Waals surface area contributed by atoms with Crippen LogP contribution in [0.2, 0.25) is 5.15 Å². The number of carbonyl (C=O) groups is 1. The minimum absolute atomic E-state index is 0.00397. The Morgan fingerprint density at radius 1 is 1.63 bits per heavy atom. The quantitative estimate of drug-likeness (QED) is 0.485. The molecule has 0 radical (unpaired) electrons. The smallest absolute Gasteiger partial charge is 0.300 e. The molecule has 1 rings (SSSR count). The fraction of sp³-hybridized carbons (Fsp3) is 0.455. The molecule has 19 heavy (non-hydrogen) atoms. The Morgan fingerprint density at radius 2 is 2.26 bits per heavy atom. The van der Waals surface area contributed by atoms with Crippen LogP contribution >= 0.6 is 11.6 Å². The predicted molar refractivity (Wildman–Crippen MR) is 69.1 cm³/mol. The van der Waals surface area contributed by atoms with Crippen molar-refractivity contribution in [3.63, 3.8) is 0 Å². The number of hydrogen-bond acceptors (Lipinski definition) is 5. The molecule has 1 aromatic rings. The molecular weight excluding hydrogens is 274 g/mol. The summed E-state index contributed by atoms with van der Waals surface area (Å²) in [6, 6.07) is 1.14. The number of aliphatic hydroxyl groups is 1. The lowest BCUT2D eigenvalue weighted by Crippen LogP contribution is -2.44. The molecule has 0 aliphatic heterocycles. The van der Waals surface area contributed by atoms with Crippen molar-refractivity contribution in [3.05, 3.63) is 33.1 Å². The van der Waals surface area contributed by atoms with Gasteiger partial charge in [0.15, 0.2) is 0 Å². The summed E-state index contributed by atoms with van der Waals surface area (Å²) in [6.45, 7) is 3.30. The van der Waals surface area contributed by atoms with Gasteiger partial charge in [0.1, 0.15) is 16.9 Å². The number of hydrogen-bond donors (Lipinski definition) is 2. The fourth-order valence-corrected chi connectivity index (χ4v) is 1.62. The van der Waals surface area contributed by atoms with Crippen LogP contribution in [0.15, 0.2) is 12.3 Å². The summed E-state index contributed by atoms with van der Waals surface area (Å²) in [6.07, 6.45) is 1.27. The molecule has 0 bridgehead atoms. The third-order valence-corrected chi connectivity index (χ3v) is 2.69. The SMILES string of the molecule is CC(C)(CCO)NC(=O)c1cc(Cl)ncc1[N+](=O)[O-]. The van der Waals surface area contributed by atoms with Crippen molar-refractivity contribution in [2.75, 3.05) is 6.61 Å². The summed E-state index contributed by atoms with van der Waals surface area (Å²) in [5.41, 5.74) is -1.26. The van der Waals surface area contributed by atoms with Gasteiger partial charge in [-0.2, -0.15) is 0 Å². The zero-order chi connectivity index (χ0) is 14.6. The molecule has 0 fully saturated rings. The van der Waals surface area contributed by atoms with E-state index >= 15 is 0 Å². The molecule has 0 aliphatic rings. The Hall–Kier alpha value is -1.73. The molecule has 0 saturated heterocycles. The van der Waals surface area contributed by atoms with Crippen LogP contribution in [0, 0.1) is 10.1 Å². The van der Waals surface area contributed by atoms with E-state index in [0.29, 0.717) is 6.42 Å². The van der Waals surface area contributed by atoms with E-state index in [9.17, 15) is 14.9 Å². The average Bonchev–Trinajstić information content (AvgIpc) is 2.27. The maximum Gasteiger partial charge on any atom is 0.300 e. The van der Waals surface area contributed by atoms with E-state index in [2.05, 4.69) is 10.3 Å². The number of halogens is 1. The first kappa shape index (κ1) is 15.3. The Balaban J connectivity index is 3.05. The zero-order valence-corrected chi connectivity index (χ0v) is 11.3. The Labute approximate surface area is 114 Å². The average molecular weight is 288 g/mol. The van der Waals surface area contributed by atoms with Crippen LogP contribution in [0.5, 0.6) is 0 Å². The number of nitro groups is 1. The molecule has 0 aromatic carbocycles. The summed E-state index contributed by atoms with van der Waals surface area (Å²) in [7, 11) is 0. The molecule has 0 atom stereocenters. The van der Waals surface area contributed by atoms with E-state index in [4.69, 9.17) is 16.7 Å². The van der Waals surface area contributed by atoms with Gasteiger partial charge >= 0.3 is 0 Å². The maximum absolute atomic E-state index is 12.0. The van der Waals surface area contributed by atoms with Crippen molar-refractivity contribution in [2.24, 2.45) is 0 Å². The van der Waals surface area contributed by atoms with Crippen LogP contribution in [-0.4, -0.2) is 33.1 Å². The number of carbonyl (C=O) groups excluding carboxylic acids is 1. The van der Waals surface area contributed by atoms with E-state index in [1.807, 2.05) is 0 Å². The van der Waals surface area contributed by atoms with E-state index < -0.39 is 22.1 Å². The molecule has 1 aromatic heterocycles. The van der Waals surface area contributed by atoms with Gasteiger partial charge in [-0.25, -0.2) is 4.98 Å². The van der Waals surface area contributed by atoms with Crippen molar-refractivity contribution >= 4 is 23.2 Å². The molecule has 0 aliphatic carbocycles. The molecule has 8 heteroatoms. The van der Waals surface area contributed by atoms with E-state index in [1.165, 1.54) is 0 Å².